The number of methoxy groups -OCH3 is 2. The molecular weight excluding hydrogens is 246 g/mol. The molecule has 0 radical (unpaired) electrons. The Kier molecular flexibility index (Phi) is 8.70. The molecule has 106 valence electrons. The summed E-state index contributed by atoms with van der Waals surface area (Å²) in [5.74, 6) is 1.08. The molecule has 1 aromatic carbocycles. The van der Waals surface area contributed by atoms with Crippen LogP contribution in [0.2, 0.25) is 0 Å². The number of para-hydroxylation sites is 1. The fourth-order valence-electron chi connectivity index (χ4n) is 1.17. The third-order valence-electron chi connectivity index (χ3n) is 2.08. The molecule has 0 heterocycles. The number of ether oxygens (including phenoxy) is 3. The van der Waals surface area contributed by atoms with Crippen molar-refractivity contribution in [3.05, 3.63) is 30.9 Å². The van der Waals surface area contributed by atoms with Gasteiger partial charge in [0.2, 0.25) is 0 Å². The summed E-state index contributed by atoms with van der Waals surface area (Å²) in [5.41, 5.74) is 6.19. The van der Waals surface area contributed by atoms with Gasteiger partial charge in [0.1, 0.15) is 6.61 Å². The van der Waals surface area contributed by atoms with E-state index in [0.29, 0.717) is 30.2 Å². The second-order valence-corrected chi connectivity index (χ2v) is 3.41. The van der Waals surface area contributed by atoms with Crippen molar-refractivity contribution in [3.63, 3.8) is 0 Å². The Morgan fingerprint density at radius 2 is 2.05 bits per heavy atom. The fourth-order valence-corrected chi connectivity index (χ4v) is 1.17. The Labute approximate surface area is 114 Å². The molecule has 0 saturated heterocycles. The molecule has 0 unspecified atom stereocenters. The zero-order valence-electron chi connectivity index (χ0n) is 11.6. The first-order chi connectivity index (χ1) is 9.10. The summed E-state index contributed by atoms with van der Waals surface area (Å²) in [6.45, 7) is 5.47. The van der Waals surface area contributed by atoms with Crippen LogP contribution < -0.4 is 15.2 Å². The van der Waals surface area contributed by atoms with Gasteiger partial charge in [0.05, 0.1) is 19.9 Å². The lowest BCUT2D eigenvalue weighted by Gasteiger charge is -2.08. The number of carbonyl (C=O) groups is 1. The van der Waals surface area contributed by atoms with Crippen LogP contribution in [0.3, 0.4) is 0 Å². The Morgan fingerprint density at radius 3 is 2.47 bits per heavy atom. The van der Waals surface area contributed by atoms with Gasteiger partial charge in [0.15, 0.2) is 11.5 Å². The van der Waals surface area contributed by atoms with Crippen molar-refractivity contribution < 1.29 is 19.0 Å². The summed E-state index contributed by atoms with van der Waals surface area (Å²) in [6, 6.07) is 5.38. The van der Waals surface area contributed by atoms with Crippen molar-refractivity contribution in [1.29, 1.82) is 0 Å². The molecule has 0 spiro atoms. The van der Waals surface area contributed by atoms with E-state index in [1.165, 1.54) is 0 Å². The second-order valence-electron chi connectivity index (χ2n) is 3.41. The molecule has 0 atom stereocenters. The zero-order chi connectivity index (χ0) is 14.7. The highest BCUT2D eigenvalue weighted by Gasteiger charge is 2.04. The summed E-state index contributed by atoms with van der Waals surface area (Å²) in [7, 11) is 3.14. The number of anilines is 1. The molecule has 0 fully saturated rings. The molecule has 2 N–H and O–H groups in total. The van der Waals surface area contributed by atoms with E-state index in [1.54, 1.807) is 39.4 Å². The third kappa shape index (κ3) is 6.35. The van der Waals surface area contributed by atoms with Crippen molar-refractivity contribution in [3.8, 4) is 11.5 Å². The lowest BCUT2D eigenvalue weighted by atomic mass is 10.3. The summed E-state index contributed by atoms with van der Waals surface area (Å²) in [6.07, 6.45) is 1.99. The summed E-state index contributed by atoms with van der Waals surface area (Å²) >= 11 is 0. The van der Waals surface area contributed by atoms with Crippen molar-refractivity contribution in [2.45, 2.75) is 13.3 Å². The summed E-state index contributed by atoms with van der Waals surface area (Å²) in [5, 5.41) is 0. The van der Waals surface area contributed by atoms with Gasteiger partial charge in [-0.3, -0.25) is 4.79 Å². The predicted octanol–water partition coefficient (Wildman–Crippen LogP) is 2.41. The Bertz CT molecular complexity index is 404. The van der Waals surface area contributed by atoms with Crippen LogP contribution in [0, 0.1) is 0 Å². The van der Waals surface area contributed by atoms with E-state index < -0.39 is 0 Å². The molecule has 19 heavy (non-hydrogen) atoms. The Balaban J connectivity index is 0.000000362. The average molecular weight is 267 g/mol. The monoisotopic (exact) mass is 267 g/mol. The Hall–Kier alpha value is -2.17. The number of nitrogens with two attached hydrogens (primary N) is 1. The first-order valence-corrected chi connectivity index (χ1v) is 5.83. The molecular formula is C14H21NO4. The van der Waals surface area contributed by atoms with Crippen molar-refractivity contribution in [2.75, 3.05) is 26.6 Å². The van der Waals surface area contributed by atoms with Crippen LogP contribution in [0.1, 0.15) is 13.3 Å². The molecule has 0 saturated carbocycles. The van der Waals surface area contributed by atoms with Gasteiger partial charge in [-0.05, 0) is 12.1 Å². The number of rotatable bonds is 5. The lowest BCUT2D eigenvalue weighted by molar-refractivity contribution is -0.141. The van der Waals surface area contributed by atoms with E-state index in [9.17, 15) is 4.79 Å². The van der Waals surface area contributed by atoms with E-state index in [0.717, 1.165) is 0 Å². The Morgan fingerprint density at radius 1 is 1.37 bits per heavy atom. The maximum absolute atomic E-state index is 10.3. The first kappa shape index (κ1) is 16.8. The molecule has 0 bridgehead atoms. The normalized spacial score (nSPS) is 8.79. The standard InChI is InChI=1S/C8H11NO2.C6H10O2/c1-10-7-5-3-4-6(9)8(7)11-2;1-3-5-8-6(7)4-2/h3-5H,9H2,1-2H3;3H,1,4-5H2,2H3. The van der Waals surface area contributed by atoms with Crippen LogP contribution in [0.25, 0.3) is 0 Å². The average Bonchev–Trinajstić information content (AvgIpc) is 2.44. The van der Waals surface area contributed by atoms with Crippen molar-refractivity contribution in [2.24, 2.45) is 0 Å². The van der Waals surface area contributed by atoms with E-state index in [1.807, 2.05) is 6.07 Å². The highest BCUT2D eigenvalue weighted by atomic mass is 16.5. The maximum Gasteiger partial charge on any atom is 0.305 e. The molecule has 1 aromatic rings. The minimum Gasteiger partial charge on any atom is -0.493 e. The molecule has 0 aliphatic rings. The molecule has 0 amide bonds. The van der Waals surface area contributed by atoms with Gasteiger partial charge in [-0.1, -0.05) is 25.6 Å². The fraction of sp³-hybridized carbons (Fsp3) is 0.357. The minimum atomic E-state index is -0.176. The lowest BCUT2D eigenvalue weighted by Crippen LogP contribution is -2.00. The van der Waals surface area contributed by atoms with Gasteiger partial charge in [-0.25, -0.2) is 0 Å². The molecule has 1 rings (SSSR count). The van der Waals surface area contributed by atoms with Crippen molar-refractivity contribution >= 4 is 11.7 Å². The van der Waals surface area contributed by atoms with Crippen LogP contribution in [-0.4, -0.2) is 26.8 Å². The largest absolute Gasteiger partial charge is 0.493 e. The topological polar surface area (TPSA) is 70.8 Å². The van der Waals surface area contributed by atoms with Crippen LogP contribution in [0.5, 0.6) is 11.5 Å². The van der Waals surface area contributed by atoms with Crippen LogP contribution in [0.4, 0.5) is 5.69 Å². The van der Waals surface area contributed by atoms with Gasteiger partial charge in [-0.15, -0.1) is 0 Å². The zero-order valence-corrected chi connectivity index (χ0v) is 11.6. The van der Waals surface area contributed by atoms with Gasteiger partial charge in [-0.2, -0.15) is 0 Å². The second kappa shape index (κ2) is 9.82. The highest BCUT2D eigenvalue weighted by molar-refractivity contribution is 5.68. The first-order valence-electron chi connectivity index (χ1n) is 5.83. The summed E-state index contributed by atoms with van der Waals surface area (Å²) < 4.78 is 14.6. The van der Waals surface area contributed by atoms with E-state index in [-0.39, 0.29) is 5.97 Å². The minimum absolute atomic E-state index is 0.176. The quantitative estimate of drug-likeness (QED) is 0.504. The number of carbonyl (C=O) groups excluding carboxylic acids is 1. The van der Waals surface area contributed by atoms with Crippen molar-refractivity contribution in [1.82, 2.24) is 0 Å². The number of benzene rings is 1. The highest BCUT2D eigenvalue weighted by Crippen LogP contribution is 2.31. The molecule has 0 aromatic heterocycles. The number of esters is 1. The van der Waals surface area contributed by atoms with Gasteiger partial charge >= 0.3 is 5.97 Å². The smallest absolute Gasteiger partial charge is 0.305 e. The molecule has 5 nitrogen and oxygen atoms in total. The van der Waals surface area contributed by atoms with Gasteiger partial charge in [0, 0.05) is 6.42 Å². The van der Waals surface area contributed by atoms with E-state index >= 15 is 0 Å². The maximum atomic E-state index is 10.3. The van der Waals surface area contributed by atoms with Crippen LogP contribution in [-0.2, 0) is 9.53 Å². The number of hydrogen-bond donors (Lipinski definition) is 1. The predicted molar refractivity (Wildman–Crippen MR) is 75.4 cm³/mol. The van der Waals surface area contributed by atoms with Crippen LogP contribution in [0.15, 0.2) is 30.9 Å². The van der Waals surface area contributed by atoms with Gasteiger partial charge < -0.3 is 19.9 Å². The van der Waals surface area contributed by atoms with E-state index in [4.69, 9.17) is 15.2 Å². The number of nitrogen functional groups attached to an aromatic ring is 1. The SMILES string of the molecule is C=CCOC(=O)CC.COc1cccc(N)c1OC. The van der Waals surface area contributed by atoms with Gasteiger partial charge in [0.25, 0.3) is 0 Å². The number of hydrogen-bond acceptors (Lipinski definition) is 5. The summed E-state index contributed by atoms with van der Waals surface area (Å²) in [4.78, 5) is 10.3. The van der Waals surface area contributed by atoms with Crippen LogP contribution >= 0.6 is 0 Å². The van der Waals surface area contributed by atoms with E-state index in [2.05, 4.69) is 11.3 Å². The third-order valence-corrected chi connectivity index (χ3v) is 2.08. The molecule has 0 aliphatic carbocycles. The molecule has 0 aliphatic heterocycles. The molecule has 5 heteroatoms.